The largest absolute Gasteiger partial charge is 0.493 e. The number of hydrogen-bond donors (Lipinski definition) is 1. The lowest BCUT2D eigenvalue weighted by Crippen LogP contribution is -2.28. The summed E-state index contributed by atoms with van der Waals surface area (Å²) in [6.45, 7) is 3.68. The van der Waals surface area contributed by atoms with Crippen molar-refractivity contribution in [2.75, 3.05) is 13.7 Å². The van der Waals surface area contributed by atoms with Crippen LogP contribution in [-0.2, 0) is 6.61 Å². The van der Waals surface area contributed by atoms with Crippen LogP contribution in [0.2, 0.25) is 5.02 Å². The van der Waals surface area contributed by atoms with Crippen LogP contribution in [0, 0.1) is 0 Å². The summed E-state index contributed by atoms with van der Waals surface area (Å²) in [4.78, 5) is 12.6. The highest BCUT2D eigenvalue weighted by atomic mass is 35.5. The van der Waals surface area contributed by atoms with Crippen molar-refractivity contribution < 1.29 is 19.3 Å². The minimum Gasteiger partial charge on any atom is -0.493 e. The molecule has 3 rings (SSSR count). The standard InChI is InChI=1S/C23H24ClNO5/c1-23(2,27)15-30-20-8-7-18(13-21(20)28-3)25-10-9-16(11-22(25)26)14-29-19-6-4-5-17(24)12-19/h4-13,27H,14-15H2,1-3H3. The van der Waals surface area contributed by atoms with E-state index in [1.807, 2.05) is 6.07 Å². The van der Waals surface area contributed by atoms with E-state index in [1.54, 1.807) is 62.5 Å². The number of methoxy groups -OCH3 is 1. The number of benzene rings is 2. The summed E-state index contributed by atoms with van der Waals surface area (Å²) >= 11 is 5.95. The molecule has 3 aromatic rings. The van der Waals surface area contributed by atoms with Gasteiger partial charge in [0, 0.05) is 23.4 Å². The molecule has 1 N–H and O–H groups in total. The summed E-state index contributed by atoms with van der Waals surface area (Å²) in [7, 11) is 1.52. The molecule has 30 heavy (non-hydrogen) atoms. The molecule has 0 bridgehead atoms. The van der Waals surface area contributed by atoms with Gasteiger partial charge in [0.1, 0.15) is 19.0 Å². The van der Waals surface area contributed by atoms with Crippen LogP contribution >= 0.6 is 11.6 Å². The highest BCUT2D eigenvalue weighted by molar-refractivity contribution is 6.30. The molecule has 0 saturated heterocycles. The van der Waals surface area contributed by atoms with Gasteiger partial charge in [-0.1, -0.05) is 17.7 Å². The molecular formula is C23H24ClNO5. The van der Waals surface area contributed by atoms with Crippen LogP contribution in [0.1, 0.15) is 19.4 Å². The molecule has 0 saturated carbocycles. The maximum absolute atomic E-state index is 12.6. The number of rotatable bonds is 8. The van der Waals surface area contributed by atoms with Gasteiger partial charge in [-0.25, -0.2) is 0 Å². The van der Waals surface area contributed by atoms with Crippen LogP contribution in [0.3, 0.4) is 0 Å². The first-order valence-corrected chi connectivity index (χ1v) is 9.76. The van der Waals surface area contributed by atoms with Gasteiger partial charge in [-0.3, -0.25) is 9.36 Å². The van der Waals surface area contributed by atoms with E-state index in [1.165, 1.54) is 17.7 Å². The van der Waals surface area contributed by atoms with Crippen molar-refractivity contribution in [2.45, 2.75) is 26.1 Å². The molecule has 2 aromatic carbocycles. The minimum absolute atomic E-state index is 0.115. The zero-order valence-electron chi connectivity index (χ0n) is 17.1. The Morgan fingerprint density at radius 3 is 2.50 bits per heavy atom. The summed E-state index contributed by atoms with van der Waals surface area (Å²) in [6.07, 6.45) is 1.69. The third-order valence-electron chi connectivity index (χ3n) is 4.19. The van der Waals surface area contributed by atoms with Crippen molar-refractivity contribution in [2.24, 2.45) is 0 Å². The monoisotopic (exact) mass is 429 g/mol. The lowest BCUT2D eigenvalue weighted by atomic mass is 10.2. The molecular weight excluding hydrogens is 406 g/mol. The number of aromatic nitrogens is 1. The lowest BCUT2D eigenvalue weighted by Gasteiger charge is -2.19. The lowest BCUT2D eigenvalue weighted by molar-refractivity contribution is 0.0276. The Balaban J connectivity index is 1.76. The van der Waals surface area contributed by atoms with E-state index < -0.39 is 5.60 Å². The number of aliphatic hydroxyl groups is 1. The predicted molar refractivity (Wildman–Crippen MR) is 116 cm³/mol. The molecule has 1 aromatic heterocycles. The Kier molecular flexibility index (Phi) is 6.70. The van der Waals surface area contributed by atoms with Gasteiger partial charge in [0.15, 0.2) is 11.5 Å². The van der Waals surface area contributed by atoms with Crippen molar-refractivity contribution in [3.63, 3.8) is 0 Å². The average molecular weight is 430 g/mol. The van der Waals surface area contributed by atoms with E-state index >= 15 is 0 Å². The van der Waals surface area contributed by atoms with E-state index in [-0.39, 0.29) is 18.8 Å². The Hall–Kier alpha value is -2.96. The number of nitrogens with zero attached hydrogens (tertiary/aromatic N) is 1. The summed E-state index contributed by atoms with van der Waals surface area (Å²) in [5, 5.41) is 10.4. The molecule has 6 nitrogen and oxygen atoms in total. The quantitative estimate of drug-likeness (QED) is 0.580. The first-order chi connectivity index (χ1) is 14.2. The highest BCUT2D eigenvalue weighted by Gasteiger charge is 2.16. The van der Waals surface area contributed by atoms with Crippen LogP contribution in [0.25, 0.3) is 5.69 Å². The first-order valence-electron chi connectivity index (χ1n) is 9.39. The Bertz CT molecular complexity index is 1070. The van der Waals surface area contributed by atoms with Crippen LogP contribution in [0.4, 0.5) is 0 Å². The topological polar surface area (TPSA) is 69.9 Å². The zero-order chi connectivity index (χ0) is 21.7. The van der Waals surface area contributed by atoms with Crippen LogP contribution in [-0.4, -0.2) is 29.0 Å². The SMILES string of the molecule is COc1cc(-n2ccc(COc3cccc(Cl)c3)cc2=O)ccc1OCC(C)(C)O. The molecule has 158 valence electrons. The molecule has 0 fully saturated rings. The number of halogens is 1. The van der Waals surface area contributed by atoms with Gasteiger partial charge in [-0.05, 0) is 55.8 Å². The Labute approximate surface area is 180 Å². The summed E-state index contributed by atoms with van der Waals surface area (Å²) < 4.78 is 18.2. The second-order valence-electron chi connectivity index (χ2n) is 7.43. The molecule has 0 amide bonds. The number of ether oxygens (including phenoxy) is 3. The molecule has 7 heteroatoms. The van der Waals surface area contributed by atoms with Gasteiger partial charge < -0.3 is 19.3 Å². The van der Waals surface area contributed by atoms with E-state index in [0.29, 0.717) is 28.0 Å². The molecule has 0 aliphatic carbocycles. The third kappa shape index (κ3) is 5.78. The van der Waals surface area contributed by atoms with Gasteiger partial charge in [0.2, 0.25) is 0 Å². The van der Waals surface area contributed by atoms with Crippen LogP contribution < -0.4 is 19.8 Å². The predicted octanol–water partition coefficient (Wildman–Crippen LogP) is 4.23. The fourth-order valence-corrected chi connectivity index (χ4v) is 2.91. The molecule has 0 atom stereocenters. The van der Waals surface area contributed by atoms with Crippen molar-refractivity contribution in [1.29, 1.82) is 0 Å². The summed E-state index contributed by atoms with van der Waals surface area (Å²) in [5.74, 6) is 1.60. The molecule has 0 aliphatic heterocycles. The fourth-order valence-electron chi connectivity index (χ4n) is 2.73. The van der Waals surface area contributed by atoms with Crippen molar-refractivity contribution >= 4 is 11.6 Å². The molecule has 1 heterocycles. The smallest absolute Gasteiger partial charge is 0.255 e. The maximum Gasteiger partial charge on any atom is 0.255 e. The van der Waals surface area contributed by atoms with Gasteiger partial charge in [-0.15, -0.1) is 0 Å². The van der Waals surface area contributed by atoms with E-state index in [2.05, 4.69) is 0 Å². The van der Waals surface area contributed by atoms with Crippen molar-refractivity contribution in [3.05, 3.63) is 81.7 Å². The molecule has 0 unspecified atom stereocenters. The van der Waals surface area contributed by atoms with Crippen molar-refractivity contribution in [1.82, 2.24) is 4.57 Å². The van der Waals surface area contributed by atoms with Gasteiger partial charge in [0.05, 0.1) is 18.4 Å². The van der Waals surface area contributed by atoms with Gasteiger partial charge in [0.25, 0.3) is 5.56 Å². The van der Waals surface area contributed by atoms with Crippen LogP contribution in [0.5, 0.6) is 17.2 Å². The third-order valence-corrected chi connectivity index (χ3v) is 4.43. The minimum atomic E-state index is -0.969. The number of hydrogen-bond acceptors (Lipinski definition) is 5. The van der Waals surface area contributed by atoms with Gasteiger partial charge in [-0.2, -0.15) is 0 Å². The van der Waals surface area contributed by atoms with E-state index in [9.17, 15) is 9.90 Å². The number of pyridine rings is 1. The highest BCUT2D eigenvalue weighted by Crippen LogP contribution is 2.30. The fraction of sp³-hybridized carbons (Fsp3) is 0.261. The summed E-state index contributed by atoms with van der Waals surface area (Å²) in [5.41, 5.74) is 0.210. The van der Waals surface area contributed by atoms with E-state index in [0.717, 1.165) is 5.56 Å². The second kappa shape index (κ2) is 9.24. The normalized spacial score (nSPS) is 11.2. The summed E-state index contributed by atoms with van der Waals surface area (Å²) in [6, 6.07) is 15.6. The van der Waals surface area contributed by atoms with Gasteiger partial charge >= 0.3 is 0 Å². The Morgan fingerprint density at radius 2 is 1.83 bits per heavy atom. The zero-order valence-corrected chi connectivity index (χ0v) is 17.8. The maximum atomic E-state index is 12.6. The Morgan fingerprint density at radius 1 is 1.03 bits per heavy atom. The average Bonchev–Trinajstić information content (AvgIpc) is 2.70. The van der Waals surface area contributed by atoms with E-state index in [4.69, 9.17) is 25.8 Å². The molecule has 0 aliphatic rings. The second-order valence-corrected chi connectivity index (χ2v) is 7.86. The molecule has 0 spiro atoms. The molecule has 0 radical (unpaired) electrons. The van der Waals surface area contributed by atoms with Crippen LogP contribution in [0.15, 0.2) is 65.6 Å². The first kappa shape index (κ1) is 21.7. The van der Waals surface area contributed by atoms with Crippen molar-refractivity contribution in [3.8, 4) is 22.9 Å².